The Morgan fingerprint density at radius 3 is 2.67 bits per heavy atom. The number of halogens is 1. The Kier molecular flexibility index (Phi) is 4.65. The van der Waals surface area contributed by atoms with Gasteiger partial charge in [-0.15, -0.1) is 0 Å². The SMILES string of the molecule is CNC(=O)CCNC(=O)c1cn(-c2ccc(F)cc2)cn1. The van der Waals surface area contributed by atoms with Crippen molar-refractivity contribution in [1.82, 2.24) is 20.2 Å². The minimum absolute atomic E-state index is 0.146. The molecule has 1 aromatic heterocycles. The predicted octanol–water partition coefficient (Wildman–Crippen LogP) is 0.877. The highest BCUT2D eigenvalue weighted by Gasteiger charge is 2.10. The third-order valence-electron chi connectivity index (χ3n) is 2.86. The maximum Gasteiger partial charge on any atom is 0.271 e. The lowest BCUT2D eigenvalue weighted by atomic mass is 10.3. The molecule has 2 N–H and O–H groups in total. The van der Waals surface area contributed by atoms with Gasteiger partial charge < -0.3 is 15.2 Å². The van der Waals surface area contributed by atoms with E-state index in [9.17, 15) is 14.0 Å². The van der Waals surface area contributed by atoms with Gasteiger partial charge >= 0.3 is 0 Å². The molecule has 21 heavy (non-hydrogen) atoms. The number of benzene rings is 1. The van der Waals surface area contributed by atoms with Crippen LogP contribution in [0.1, 0.15) is 16.9 Å². The standard InChI is InChI=1S/C14H15FN4O2/c1-16-13(20)6-7-17-14(21)12-8-19(9-18-12)11-4-2-10(15)3-5-11/h2-5,8-9H,6-7H2,1H3,(H,16,20)(H,17,21). The average Bonchev–Trinajstić information content (AvgIpc) is 2.97. The number of carbonyl (C=O) groups excluding carboxylic acids is 2. The van der Waals surface area contributed by atoms with Crippen LogP contribution in [0.4, 0.5) is 4.39 Å². The summed E-state index contributed by atoms with van der Waals surface area (Å²) >= 11 is 0. The van der Waals surface area contributed by atoms with Crippen LogP contribution >= 0.6 is 0 Å². The van der Waals surface area contributed by atoms with Gasteiger partial charge in [0.05, 0.1) is 0 Å². The van der Waals surface area contributed by atoms with E-state index >= 15 is 0 Å². The molecule has 7 heteroatoms. The second-order valence-electron chi connectivity index (χ2n) is 4.32. The molecular weight excluding hydrogens is 275 g/mol. The van der Waals surface area contributed by atoms with E-state index in [-0.39, 0.29) is 36.3 Å². The number of hydrogen-bond donors (Lipinski definition) is 2. The van der Waals surface area contributed by atoms with E-state index in [2.05, 4.69) is 15.6 Å². The first-order chi connectivity index (χ1) is 10.1. The number of nitrogens with one attached hydrogen (secondary N) is 2. The van der Waals surface area contributed by atoms with Crippen molar-refractivity contribution in [3.05, 3.63) is 48.3 Å². The number of amides is 2. The molecule has 6 nitrogen and oxygen atoms in total. The van der Waals surface area contributed by atoms with Gasteiger partial charge in [-0.1, -0.05) is 0 Å². The molecule has 2 amide bonds. The lowest BCUT2D eigenvalue weighted by Gasteiger charge is -2.02. The summed E-state index contributed by atoms with van der Waals surface area (Å²) in [6.07, 6.45) is 3.23. The fourth-order valence-electron chi connectivity index (χ4n) is 1.70. The summed E-state index contributed by atoms with van der Waals surface area (Å²) in [4.78, 5) is 26.9. The second-order valence-corrected chi connectivity index (χ2v) is 4.32. The van der Waals surface area contributed by atoms with E-state index in [1.165, 1.54) is 25.5 Å². The molecule has 0 aliphatic rings. The van der Waals surface area contributed by atoms with Gasteiger partial charge in [0.2, 0.25) is 5.91 Å². The quantitative estimate of drug-likeness (QED) is 0.858. The molecule has 1 heterocycles. The van der Waals surface area contributed by atoms with Gasteiger partial charge in [-0.05, 0) is 24.3 Å². The molecule has 0 bridgehead atoms. The number of rotatable bonds is 5. The van der Waals surface area contributed by atoms with Crippen LogP contribution in [0.2, 0.25) is 0 Å². The first-order valence-electron chi connectivity index (χ1n) is 6.39. The van der Waals surface area contributed by atoms with Gasteiger partial charge in [0.15, 0.2) is 0 Å². The molecule has 0 saturated heterocycles. The Morgan fingerprint density at radius 1 is 1.29 bits per heavy atom. The zero-order valence-corrected chi connectivity index (χ0v) is 11.5. The molecule has 0 aliphatic heterocycles. The fraction of sp³-hybridized carbons (Fsp3) is 0.214. The van der Waals surface area contributed by atoms with E-state index in [0.717, 1.165) is 0 Å². The largest absolute Gasteiger partial charge is 0.359 e. The molecule has 0 aliphatic carbocycles. The van der Waals surface area contributed by atoms with Gasteiger partial charge in [0, 0.05) is 31.9 Å². The molecule has 0 radical (unpaired) electrons. The van der Waals surface area contributed by atoms with Gasteiger partial charge in [-0.25, -0.2) is 9.37 Å². The Labute approximate surface area is 121 Å². The van der Waals surface area contributed by atoms with E-state index in [0.29, 0.717) is 5.69 Å². The van der Waals surface area contributed by atoms with E-state index < -0.39 is 0 Å². The van der Waals surface area contributed by atoms with Gasteiger partial charge in [0.25, 0.3) is 5.91 Å². The topological polar surface area (TPSA) is 76.0 Å². The second kappa shape index (κ2) is 6.65. The predicted molar refractivity (Wildman–Crippen MR) is 74.5 cm³/mol. The highest BCUT2D eigenvalue weighted by Crippen LogP contribution is 2.09. The van der Waals surface area contributed by atoms with Crippen molar-refractivity contribution in [2.45, 2.75) is 6.42 Å². The Morgan fingerprint density at radius 2 is 2.00 bits per heavy atom. The van der Waals surface area contributed by atoms with Crippen molar-refractivity contribution < 1.29 is 14.0 Å². The first-order valence-corrected chi connectivity index (χ1v) is 6.39. The molecule has 0 unspecified atom stereocenters. The maximum atomic E-state index is 12.8. The minimum atomic E-state index is -0.361. The Bertz CT molecular complexity index is 637. The lowest BCUT2D eigenvalue weighted by Crippen LogP contribution is -2.29. The highest BCUT2D eigenvalue weighted by atomic mass is 19.1. The summed E-state index contributed by atoms with van der Waals surface area (Å²) in [5.41, 5.74) is 0.935. The van der Waals surface area contributed by atoms with Crippen molar-refractivity contribution in [1.29, 1.82) is 0 Å². The number of carbonyl (C=O) groups is 2. The zero-order valence-electron chi connectivity index (χ0n) is 11.5. The normalized spacial score (nSPS) is 10.2. The van der Waals surface area contributed by atoms with Crippen molar-refractivity contribution in [2.24, 2.45) is 0 Å². The molecule has 2 rings (SSSR count). The molecule has 0 atom stereocenters. The van der Waals surface area contributed by atoms with Gasteiger partial charge in [0.1, 0.15) is 17.8 Å². The Balaban J connectivity index is 1.97. The van der Waals surface area contributed by atoms with Crippen LogP contribution < -0.4 is 10.6 Å². The molecule has 2 aromatic rings. The summed E-state index contributed by atoms with van der Waals surface area (Å²) < 4.78 is 14.5. The van der Waals surface area contributed by atoms with Crippen molar-refractivity contribution in [3.63, 3.8) is 0 Å². The molecule has 110 valence electrons. The van der Waals surface area contributed by atoms with Crippen LogP contribution in [0, 0.1) is 5.82 Å². The van der Waals surface area contributed by atoms with Crippen molar-refractivity contribution in [2.75, 3.05) is 13.6 Å². The minimum Gasteiger partial charge on any atom is -0.359 e. The van der Waals surface area contributed by atoms with E-state index in [1.807, 2.05) is 0 Å². The fourth-order valence-corrected chi connectivity index (χ4v) is 1.70. The van der Waals surface area contributed by atoms with E-state index in [1.54, 1.807) is 22.9 Å². The molecule has 0 spiro atoms. The summed E-state index contributed by atoms with van der Waals surface area (Å²) in [6.45, 7) is 0.238. The molecular formula is C14H15FN4O2. The van der Waals surface area contributed by atoms with Crippen LogP contribution in [-0.4, -0.2) is 35.0 Å². The zero-order chi connectivity index (χ0) is 15.2. The molecule has 0 fully saturated rings. The smallest absolute Gasteiger partial charge is 0.271 e. The molecule has 0 saturated carbocycles. The summed E-state index contributed by atoms with van der Waals surface area (Å²) in [5.74, 6) is -0.835. The number of nitrogens with zero attached hydrogens (tertiary/aromatic N) is 2. The summed E-state index contributed by atoms with van der Waals surface area (Å²) in [5, 5.41) is 5.07. The number of imidazole rings is 1. The average molecular weight is 290 g/mol. The van der Waals surface area contributed by atoms with Crippen molar-refractivity contribution in [3.8, 4) is 5.69 Å². The van der Waals surface area contributed by atoms with Crippen LogP contribution in [0.3, 0.4) is 0 Å². The maximum absolute atomic E-state index is 12.8. The van der Waals surface area contributed by atoms with Crippen LogP contribution in [0.15, 0.2) is 36.8 Å². The van der Waals surface area contributed by atoms with Gasteiger partial charge in [-0.2, -0.15) is 0 Å². The third-order valence-corrected chi connectivity index (χ3v) is 2.86. The molecule has 1 aromatic carbocycles. The van der Waals surface area contributed by atoms with E-state index in [4.69, 9.17) is 0 Å². The third kappa shape index (κ3) is 3.88. The number of aromatic nitrogens is 2. The number of hydrogen-bond acceptors (Lipinski definition) is 3. The summed E-state index contributed by atoms with van der Waals surface area (Å²) in [6, 6.07) is 5.84. The Hall–Kier alpha value is -2.70. The van der Waals surface area contributed by atoms with Crippen LogP contribution in [-0.2, 0) is 4.79 Å². The first kappa shape index (κ1) is 14.7. The van der Waals surface area contributed by atoms with Crippen LogP contribution in [0.5, 0.6) is 0 Å². The highest BCUT2D eigenvalue weighted by molar-refractivity contribution is 5.92. The van der Waals surface area contributed by atoms with Crippen molar-refractivity contribution >= 4 is 11.8 Å². The van der Waals surface area contributed by atoms with Crippen LogP contribution in [0.25, 0.3) is 5.69 Å². The summed E-state index contributed by atoms with van der Waals surface area (Å²) in [7, 11) is 1.54. The lowest BCUT2D eigenvalue weighted by molar-refractivity contribution is -0.120. The van der Waals surface area contributed by atoms with Gasteiger partial charge in [-0.3, -0.25) is 9.59 Å². The monoisotopic (exact) mass is 290 g/mol.